The minimum absolute atomic E-state index is 0.0821. The summed E-state index contributed by atoms with van der Waals surface area (Å²) in [5.74, 6) is 1.08. The summed E-state index contributed by atoms with van der Waals surface area (Å²) in [5, 5.41) is 9.93. The number of nitrogens with zero attached hydrogens (tertiary/aromatic N) is 1. The Morgan fingerprint density at radius 1 is 1.50 bits per heavy atom. The summed E-state index contributed by atoms with van der Waals surface area (Å²) >= 11 is 0. The molecule has 6 heteroatoms. The fourth-order valence-corrected chi connectivity index (χ4v) is 4.00. The first-order chi connectivity index (χ1) is 10.6. The van der Waals surface area contributed by atoms with E-state index in [2.05, 4.69) is 22.7 Å². The number of nitrogens with one attached hydrogen (secondary N) is 2. The van der Waals surface area contributed by atoms with Crippen LogP contribution in [0.1, 0.15) is 44.8 Å². The molecule has 0 saturated heterocycles. The minimum Gasteiger partial charge on any atom is -0.378 e. The van der Waals surface area contributed by atoms with Crippen LogP contribution in [0.4, 0.5) is 5.82 Å². The van der Waals surface area contributed by atoms with Crippen LogP contribution in [0, 0.1) is 12.3 Å². The van der Waals surface area contributed by atoms with Crippen molar-refractivity contribution in [3.63, 3.8) is 0 Å². The van der Waals surface area contributed by atoms with Crippen molar-refractivity contribution in [1.82, 2.24) is 10.5 Å². The molecule has 0 bridgehead atoms. The number of carbonyl (C=O) groups is 1. The lowest BCUT2D eigenvalue weighted by molar-refractivity contribution is -0.133. The van der Waals surface area contributed by atoms with Crippen LogP contribution in [0.15, 0.2) is 10.6 Å². The van der Waals surface area contributed by atoms with E-state index in [1.54, 1.807) is 13.0 Å². The Hall–Kier alpha value is -1.40. The highest BCUT2D eigenvalue weighted by Crippen LogP contribution is 2.54. The molecule has 22 heavy (non-hydrogen) atoms. The van der Waals surface area contributed by atoms with Gasteiger partial charge in [0.05, 0.1) is 12.6 Å². The van der Waals surface area contributed by atoms with E-state index in [0.717, 1.165) is 13.0 Å². The zero-order valence-corrected chi connectivity index (χ0v) is 13.4. The van der Waals surface area contributed by atoms with Gasteiger partial charge in [-0.2, -0.15) is 0 Å². The molecule has 1 aromatic heterocycles. The van der Waals surface area contributed by atoms with E-state index in [9.17, 15) is 4.79 Å². The van der Waals surface area contributed by atoms with Crippen molar-refractivity contribution in [1.29, 1.82) is 0 Å². The molecule has 1 spiro atoms. The summed E-state index contributed by atoms with van der Waals surface area (Å²) in [6.07, 6.45) is 6.32. The van der Waals surface area contributed by atoms with Crippen LogP contribution in [0.25, 0.3) is 0 Å². The number of carbonyl (C=O) groups excluding carboxylic acids is 1. The highest BCUT2D eigenvalue weighted by atomic mass is 16.5. The van der Waals surface area contributed by atoms with Crippen LogP contribution in [-0.2, 0) is 9.53 Å². The minimum atomic E-state index is -0.0821. The van der Waals surface area contributed by atoms with Gasteiger partial charge in [0.2, 0.25) is 5.91 Å². The molecular formula is C16H25N3O3. The molecule has 2 saturated carbocycles. The van der Waals surface area contributed by atoms with Crippen molar-refractivity contribution in [3.8, 4) is 0 Å². The lowest BCUT2D eigenvalue weighted by atomic mass is 9.60. The first-order valence-electron chi connectivity index (χ1n) is 8.22. The summed E-state index contributed by atoms with van der Waals surface area (Å²) in [6.45, 7) is 4.92. The number of aromatic nitrogens is 1. The smallest absolute Gasteiger partial charge is 0.239 e. The summed E-state index contributed by atoms with van der Waals surface area (Å²) in [4.78, 5) is 12.0. The van der Waals surface area contributed by atoms with Gasteiger partial charge < -0.3 is 19.9 Å². The Bertz CT molecular complexity index is 522. The van der Waals surface area contributed by atoms with Crippen molar-refractivity contribution in [3.05, 3.63) is 11.8 Å². The highest BCUT2D eigenvalue weighted by molar-refractivity contribution is 5.91. The Balaban J connectivity index is 1.50. The summed E-state index contributed by atoms with van der Waals surface area (Å²) in [5.41, 5.74) is 0.251. The fourth-order valence-electron chi connectivity index (χ4n) is 4.00. The van der Waals surface area contributed by atoms with Gasteiger partial charge in [-0.3, -0.25) is 4.79 Å². The third-order valence-electron chi connectivity index (χ3n) is 5.09. The number of amides is 1. The number of hydrogen-bond acceptors (Lipinski definition) is 5. The number of hydrogen-bond donors (Lipinski definition) is 2. The molecule has 1 heterocycles. The molecular weight excluding hydrogens is 282 g/mol. The van der Waals surface area contributed by atoms with Crippen molar-refractivity contribution in [2.24, 2.45) is 5.41 Å². The highest BCUT2D eigenvalue weighted by Gasteiger charge is 2.56. The summed E-state index contributed by atoms with van der Waals surface area (Å²) in [6, 6.07) is 2.10. The third kappa shape index (κ3) is 2.90. The Morgan fingerprint density at radius 2 is 2.27 bits per heavy atom. The van der Waals surface area contributed by atoms with E-state index in [-0.39, 0.29) is 11.3 Å². The molecule has 1 aromatic rings. The lowest BCUT2D eigenvalue weighted by Crippen LogP contribution is -2.63. The molecule has 122 valence electrons. The second-order valence-electron chi connectivity index (χ2n) is 6.42. The monoisotopic (exact) mass is 307 g/mol. The standard InChI is InChI=1S/C16H25N3O3/c1-3-21-13-9-12(16(13)6-4-5-7-16)17-10-15(20)18-14-8-11(2)22-19-14/h8,12-13,17H,3-7,9-10H2,1-2H3,(H,18,19,20). The molecule has 2 aliphatic rings. The molecule has 3 rings (SSSR count). The molecule has 1 amide bonds. The number of aryl methyl sites for hydroxylation is 1. The largest absolute Gasteiger partial charge is 0.378 e. The molecule has 2 atom stereocenters. The van der Waals surface area contributed by atoms with Gasteiger partial charge in [-0.15, -0.1) is 0 Å². The summed E-state index contributed by atoms with van der Waals surface area (Å²) < 4.78 is 10.8. The van der Waals surface area contributed by atoms with Crippen LogP contribution in [-0.4, -0.2) is 36.4 Å². The molecule has 2 unspecified atom stereocenters. The Kier molecular flexibility index (Phi) is 4.49. The van der Waals surface area contributed by atoms with Crippen molar-refractivity contribution in [2.45, 2.75) is 58.1 Å². The van der Waals surface area contributed by atoms with Crippen LogP contribution in [0.3, 0.4) is 0 Å². The van der Waals surface area contributed by atoms with E-state index in [0.29, 0.717) is 30.3 Å². The van der Waals surface area contributed by atoms with Gasteiger partial charge in [0.25, 0.3) is 0 Å². The van der Waals surface area contributed by atoms with Gasteiger partial charge in [0.1, 0.15) is 5.76 Å². The maximum Gasteiger partial charge on any atom is 0.239 e. The van der Waals surface area contributed by atoms with Gasteiger partial charge in [-0.1, -0.05) is 18.0 Å². The van der Waals surface area contributed by atoms with Gasteiger partial charge >= 0.3 is 0 Å². The number of ether oxygens (including phenoxy) is 1. The summed E-state index contributed by atoms with van der Waals surface area (Å²) in [7, 11) is 0. The van der Waals surface area contributed by atoms with E-state index in [1.807, 2.05) is 0 Å². The Morgan fingerprint density at radius 3 is 2.91 bits per heavy atom. The molecule has 0 radical (unpaired) electrons. The molecule has 6 nitrogen and oxygen atoms in total. The quantitative estimate of drug-likeness (QED) is 0.843. The van der Waals surface area contributed by atoms with Crippen LogP contribution < -0.4 is 10.6 Å². The van der Waals surface area contributed by atoms with E-state index in [4.69, 9.17) is 9.26 Å². The predicted molar refractivity (Wildman–Crippen MR) is 82.6 cm³/mol. The number of rotatable bonds is 6. The Labute approximate surface area is 131 Å². The predicted octanol–water partition coefficient (Wildman–Crippen LogP) is 2.25. The lowest BCUT2D eigenvalue weighted by Gasteiger charge is -2.54. The first kappa shape index (κ1) is 15.5. The van der Waals surface area contributed by atoms with Gasteiger partial charge in [-0.05, 0) is 33.1 Å². The van der Waals surface area contributed by atoms with Gasteiger partial charge in [0, 0.05) is 24.1 Å². The molecule has 2 fully saturated rings. The number of anilines is 1. The van der Waals surface area contributed by atoms with Crippen LogP contribution in [0.5, 0.6) is 0 Å². The van der Waals surface area contributed by atoms with Crippen LogP contribution >= 0.6 is 0 Å². The topological polar surface area (TPSA) is 76.4 Å². The maximum absolute atomic E-state index is 12.0. The zero-order chi connectivity index (χ0) is 15.6. The second kappa shape index (κ2) is 6.38. The van der Waals surface area contributed by atoms with Gasteiger partial charge in [0.15, 0.2) is 5.82 Å². The third-order valence-corrected chi connectivity index (χ3v) is 5.09. The average Bonchev–Trinajstić information content (AvgIpc) is 3.13. The maximum atomic E-state index is 12.0. The normalized spacial score (nSPS) is 26.1. The van der Waals surface area contributed by atoms with Crippen molar-refractivity contribution >= 4 is 11.7 Å². The van der Waals surface area contributed by atoms with E-state index < -0.39 is 0 Å². The van der Waals surface area contributed by atoms with Crippen LogP contribution in [0.2, 0.25) is 0 Å². The first-order valence-corrected chi connectivity index (χ1v) is 8.22. The van der Waals surface area contributed by atoms with Gasteiger partial charge in [-0.25, -0.2) is 0 Å². The zero-order valence-electron chi connectivity index (χ0n) is 13.4. The molecule has 2 aliphatic carbocycles. The fraction of sp³-hybridized carbons (Fsp3) is 0.750. The average molecular weight is 307 g/mol. The van der Waals surface area contributed by atoms with Crippen molar-refractivity contribution < 1.29 is 14.1 Å². The van der Waals surface area contributed by atoms with Crippen molar-refractivity contribution in [2.75, 3.05) is 18.5 Å². The van der Waals surface area contributed by atoms with E-state index in [1.165, 1.54) is 25.7 Å². The molecule has 2 N–H and O–H groups in total. The molecule has 0 aromatic carbocycles. The second-order valence-corrected chi connectivity index (χ2v) is 6.42. The SMILES string of the molecule is CCOC1CC(NCC(=O)Nc2cc(C)on2)C12CCCC2. The molecule has 0 aliphatic heterocycles. The van der Waals surface area contributed by atoms with E-state index >= 15 is 0 Å².